The summed E-state index contributed by atoms with van der Waals surface area (Å²) in [5.74, 6) is 1.58. The van der Waals surface area contributed by atoms with E-state index in [0.29, 0.717) is 5.92 Å². The summed E-state index contributed by atoms with van der Waals surface area (Å²) in [5.41, 5.74) is 2.79. The van der Waals surface area contributed by atoms with Crippen LogP contribution in [0.3, 0.4) is 0 Å². The van der Waals surface area contributed by atoms with Crippen molar-refractivity contribution in [2.24, 2.45) is 5.92 Å². The van der Waals surface area contributed by atoms with Crippen molar-refractivity contribution in [1.29, 1.82) is 0 Å². The Kier molecular flexibility index (Phi) is 4.40. The predicted octanol–water partition coefficient (Wildman–Crippen LogP) is 4.12. The van der Waals surface area contributed by atoms with Gasteiger partial charge >= 0.3 is 0 Å². The third kappa shape index (κ3) is 3.63. The van der Waals surface area contributed by atoms with Gasteiger partial charge in [-0.15, -0.1) is 0 Å². The minimum atomic E-state index is 0.654. The molecule has 0 aliphatic rings. The van der Waals surface area contributed by atoms with Crippen LogP contribution in [0.4, 0.5) is 0 Å². The maximum atomic E-state index is 5.17. The van der Waals surface area contributed by atoms with Gasteiger partial charge in [-0.1, -0.05) is 49.4 Å². The van der Waals surface area contributed by atoms with Gasteiger partial charge in [0.1, 0.15) is 5.75 Å². The molecule has 2 aromatic rings. The number of methoxy groups -OCH3 is 1. The van der Waals surface area contributed by atoms with Gasteiger partial charge in [0.25, 0.3) is 0 Å². The number of benzene rings is 2. The van der Waals surface area contributed by atoms with Crippen LogP contribution >= 0.6 is 0 Å². The Morgan fingerprint density at radius 3 is 1.94 bits per heavy atom. The average Bonchev–Trinajstić information content (AvgIpc) is 2.40. The Morgan fingerprint density at radius 1 is 0.833 bits per heavy atom. The van der Waals surface area contributed by atoms with Crippen LogP contribution in [0.1, 0.15) is 18.1 Å². The molecule has 1 heteroatoms. The van der Waals surface area contributed by atoms with Gasteiger partial charge in [-0.05, 0) is 42.0 Å². The molecule has 94 valence electrons. The Bertz CT molecular complexity index is 459. The first-order chi connectivity index (χ1) is 8.78. The van der Waals surface area contributed by atoms with E-state index in [1.807, 2.05) is 12.1 Å². The first-order valence-corrected chi connectivity index (χ1v) is 6.45. The highest BCUT2D eigenvalue weighted by Crippen LogP contribution is 2.17. The van der Waals surface area contributed by atoms with Gasteiger partial charge in [-0.25, -0.2) is 0 Å². The van der Waals surface area contributed by atoms with Crippen molar-refractivity contribution < 1.29 is 4.74 Å². The fourth-order valence-electron chi connectivity index (χ4n) is 2.25. The number of ether oxygens (including phenoxy) is 1. The van der Waals surface area contributed by atoms with E-state index in [9.17, 15) is 0 Å². The summed E-state index contributed by atoms with van der Waals surface area (Å²) in [5, 5.41) is 0. The Morgan fingerprint density at radius 2 is 1.39 bits per heavy atom. The fraction of sp³-hybridized carbons (Fsp3) is 0.294. The molecule has 0 fully saturated rings. The molecule has 0 radical (unpaired) electrons. The molecule has 0 bridgehead atoms. The molecule has 18 heavy (non-hydrogen) atoms. The molecule has 2 rings (SSSR count). The third-order valence-corrected chi connectivity index (χ3v) is 3.17. The molecule has 0 amide bonds. The summed E-state index contributed by atoms with van der Waals surface area (Å²) < 4.78 is 5.17. The first kappa shape index (κ1) is 12.7. The van der Waals surface area contributed by atoms with Gasteiger partial charge in [0.15, 0.2) is 0 Å². The fourth-order valence-corrected chi connectivity index (χ4v) is 2.25. The third-order valence-electron chi connectivity index (χ3n) is 3.17. The van der Waals surface area contributed by atoms with E-state index in [4.69, 9.17) is 4.74 Å². The van der Waals surface area contributed by atoms with Crippen LogP contribution in [-0.4, -0.2) is 7.11 Å². The lowest BCUT2D eigenvalue weighted by Gasteiger charge is -2.12. The van der Waals surface area contributed by atoms with Crippen molar-refractivity contribution in [2.45, 2.75) is 19.8 Å². The summed E-state index contributed by atoms with van der Waals surface area (Å²) in [7, 11) is 1.70. The van der Waals surface area contributed by atoms with Crippen LogP contribution in [0.2, 0.25) is 0 Å². The number of hydrogen-bond acceptors (Lipinski definition) is 1. The second kappa shape index (κ2) is 6.25. The SMILES string of the molecule is COc1ccc(C[C@H](C)Cc2ccccc2)cc1. The second-order valence-electron chi connectivity index (χ2n) is 4.85. The lowest BCUT2D eigenvalue weighted by molar-refractivity contribution is 0.414. The van der Waals surface area contributed by atoms with Gasteiger partial charge < -0.3 is 4.74 Å². The highest BCUT2D eigenvalue weighted by atomic mass is 16.5. The zero-order valence-electron chi connectivity index (χ0n) is 11.1. The molecule has 0 aliphatic heterocycles. The van der Waals surface area contributed by atoms with E-state index in [1.54, 1.807) is 7.11 Å². The van der Waals surface area contributed by atoms with E-state index in [0.717, 1.165) is 18.6 Å². The maximum absolute atomic E-state index is 5.17. The van der Waals surface area contributed by atoms with Crippen LogP contribution in [-0.2, 0) is 12.8 Å². The molecule has 0 spiro atoms. The Labute approximate surface area is 109 Å². The quantitative estimate of drug-likeness (QED) is 0.764. The minimum Gasteiger partial charge on any atom is -0.497 e. The monoisotopic (exact) mass is 240 g/mol. The van der Waals surface area contributed by atoms with Crippen molar-refractivity contribution >= 4 is 0 Å². The molecular formula is C17H20O. The summed E-state index contributed by atoms with van der Waals surface area (Å²) in [6.07, 6.45) is 2.24. The molecule has 1 atom stereocenters. The van der Waals surface area contributed by atoms with Crippen LogP contribution in [0.5, 0.6) is 5.75 Å². The second-order valence-corrected chi connectivity index (χ2v) is 4.85. The zero-order valence-corrected chi connectivity index (χ0v) is 11.1. The first-order valence-electron chi connectivity index (χ1n) is 6.45. The normalized spacial score (nSPS) is 12.1. The largest absolute Gasteiger partial charge is 0.497 e. The number of rotatable bonds is 5. The lowest BCUT2D eigenvalue weighted by atomic mass is 9.94. The van der Waals surface area contributed by atoms with Gasteiger partial charge in [0, 0.05) is 0 Å². The van der Waals surface area contributed by atoms with E-state index in [-0.39, 0.29) is 0 Å². The summed E-state index contributed by atoms with van der Waals surface area (Å²) in [6, 6.07) is 19.0. The van der Waals surface area contributed by atoms with Crippen LogP contribution in [0, 0.1) is 5.92 Å². The van der Waals surface area contributed by atoms with E-state index in [2.05, 4.69) is 49.4 Å². The van der Waals surface area contributed by atoms with Crippen molar-refractivity contribution in [1.82, 2.24) is 0 Å². The molecule has 0 saturated carbocycles. The van der Waals surface area contributed by atoms with E-state index >= 15 is 0 Å². The maximum Gasteiger partial charge on any atom is 0.118 e. The molecule has 1 nitrogen and oxygen atoms in total. The smallest absolute Gasteiger partial charge is 0.118 e. The summed E-state index contributed by atoms with van der Waals surface area (Å²) >= 11 is 0. The number of hydrogen-bond donors (Lipinski definition) is 0. The predicted molar refractivity (Wildman–Crippen MR) is 76.0 cm³/mol. The van der Waals surface area contributed by atoms with Gasteiger partial charge in [0.05, 0.1) is 7.11 Å². The van der Waals surface area contributed by atoms with Gasteiger partial charge in [-0.3, -0.25) is 0 Å². The van der Waals surface area contributed by atoms with Crippen molar-refractivity contribution in [3.8, 4) is 5.75 Å². The van der Waals surface area contributed by atoms with Crippen LogP contribution in [0.25, 0.3) is 0 Å². The topological polar surface area (TPSA) is 9.23 Å². The van der Waals surface area contributed by atoms with Crippen LogP contribution < -0.4 is 4.74 Å². The van der Waals surface area contributed by atoms with Crippen LogP contribution in [0.15, 0.2) is 54.6 Å². The summed E-state index contributed by atoms with van der Waals surface area (Å²) in [4.78, 5) is 0. The molecule has 0 N–H and O–H groups in total. The molecular weight excluding hydrogens is 220 g/mol. The molecule has 0 saturated heterocycles. The minimum absolute atomic E-state index is 0.654. The van der Waals surface area contributed by atoms with Crippen molar-refractivity contribution in [3.05, 3.63) is 65.7 Å². The molecule has 0 unspecified atom stereocenters. The molecule has 2 aromatic carbocycles. The van der Waals surface area contributed by atoms with Crippen molar-refractivity contribution in [2.75, 3.05) is 7.11 Å². The van der Waals surface area contributed by atoms with Crippen molar-refractivity contribution in [3.63, 3.8) is 0 Å². The van der Waals surface area contributed by atoms with E-state index < -0.39 is 0 Å². The Hall–Kier alpha value is -1.76. The van der Waals surface area contributed by atoms with Gasteiger partial charge in [-0.2, -0.15) is 0 Å². The zero-order chi connectivity index (χ0) is 12.8. The average molecular weight is 240 g/mol. The van der Waals surface area contributed by atoms with Gasteiger partial charge in [0.2, 0.25) is 0 Å². The standard InChI is InChI=1S/C17H20O/c1-14(12-15-6-4-3-5-7-15)13-16-8-10-17(18-2)11-9-16/h3-11,14H,12-13H2,1-2H3/t14-/m1/s1. The molecule has 0 heterocycles. The summed E-state index contributed by atoms with van der Waals surface area (Å²) in [6.45, 7) is 2.30. The highest BCUT2D eigenvalue weighted by Gasteiger charge is 2.05. The van der Waals surface area contributed by atoms with E-state index in [1.165, 1.54) is 11.1 Å². The molecule has 0 aromatic heterocycles. The molecule has 0 aliphatic carbocycles. The Balaban J connectivity index is 1.92. The highest BCUT2D eigenvalue weighted by molar-refractivity contribution is 5.27. The lowest BCUT2D eigenvalue weighted by Crippen LogP contribution is -2.03.